The molecular weight excluding hydrogens is 320 g/mol. The molecule has 0 fully saturated rings. The summed E-state index contributed by atoms with van der Waals surface area (Å²) >= 11 is 6.11. The van der Waals surface area contributed by atoms with E-state index < -0.39 is 17.7 Å². The zero-order valence-corrected chi connectivity index (χ0v) is 14.8. The highest BCUT2D eigenvalue weighted by Gasteiger charge is 2.17. The molecule has 0 radical (unpaired) electrons. The van der Waals surface area contributed by atoms with Crippen molar-refractivity contribution in [3.8, 4) is 0 Å². The third-order valence-electron chi connectivity index (χ3n) is 2.74. The van der Waals surface area contributed by atoms with Crippen molar-refractivity contribution in [2.24, 2.45) is 0 Å². The normalized spacial score (nSPS) is 12.3. The third kappa shape index (κ3) is 6.78. The molecule has 0 heterocycles. The average Bonchev–Trinajstić information content (AvgIpc) is 2.45. The molecule has 0 aliphatic heterocycles. The van der Waals surface area contributed by atoms with Crippen molar-refractivity contribution in [1.82, 2.24) is 5.32 Å². The van der Waals surface area contributed by atoms with Crippen LogP contribution in [0.1, 0.15) is 38.1 Å². The van der Waals surface area contributed by atoms with E-state index in [0.29, 0.717) is 22.8 Å². The fraction of sp³-hybridized carbons (Fsp3) is 0.500. The van der Waals surface area contributed by atoms with Crippen LogP contribution < -0.4 is 10.6 Å². The summed E-state index contributed by atoms with van der Waals surface area (Å²) in [5.74, 6) is -0.441. The number of ether oxygens (including phenoxy) is 2. The molecule has 0 aliphatic rings. The minimum absolute atomic E-state index is 0.118. The molecule has 0 spiro atoms. The number of benzene rings is 1. The van der Waals surface area contributed by atoms with E-state index in [4.69, 9.17) is 16.3 Å². The summed E-state index contributed by atoms with van der Waals surface area (Å²) in [6.45, 7) is 7.61. The smallest absolute Gasteiger partial charge is 0.407 e. The van der Waals surface area contributed by atoms with E-state index in [-0.39, 0.29) is 6.04 Å². The number of carbonyl (C=O) groups excluding carboxylic acids is 2. The molecule has 1 amide bonds. The Morgan fingerprint density at radius 2 is 1.96 bits per heavy atom. The van der Waals surface area contributed by atoms with E-state index in [9.17, 15) is 9.59 Å². The number of methoxy groups -OCH3 is 1. The van der Waals surface area contributed by atoms with Gasteiger partial charge in [0, 0.05) is 12.6 Å². The number of rotatable bonds is 5. The first kappa shape index (κ1) is 19.1. The fourth-order valence-corrected chi connectivity index (χ4v) is 1.92. The lowest BCUT2D eigenvalue weighted by Gasteiger charge is -2.21. The van der Waals surface area contributed by atoms with Gasteiger partial charge in [-0.15, -0.1) is 0 Å². The number of carbonyl (C=O) groups is 2. The van der Waals surface area contributed by atoms with Crippen LogP contribution in [0.3, 0.4) is 0 Å². The van der Waals surface area contributed by atoms with E-state index in [2.05, 4.69) is 15.4 Å². The van der Waals surface area contributed by atoms with Gasteiger partial charge in [-0.3, -0.25) is 0 Å². The quantitative estimate of drug-likeness (QED) is 0.801. The molecule has 6 nitrogen and oxygen atoms in total. The van der Waals surface area contributed by atoms with Crippen LogP contribution in [0.4, 0.5) is 10.5 Å². The van der Waals surface area contributed by atoms with Gasteiger partial charge in [0.05, 0.1) is 23.4 Å². The van der Waals surface area contributed by atoms with Gasteiger partial charge in [0.25, 0.3) is 0 Å². The molecule has 0 bridgehead atoms. The maximum atomic E-state index is 11.6. The first-order valence-electron chi connectivity index (χ1n) is 7.23. The minimum atomic E-state index is -0.543. The van der Waals surface area contributed by atoms with Gasteiger partial charge in [0.2, 0.25) is 0 Å². The highest BCUT2D eigenvalue weighted by atomic mass is 35.5. The van der Waals surface area contributed by atoms with E-state index in [1.807, 2.05) is 6.92 Å². The number of nitrogens with one attached hydrogen (secondary N) is 2. The zero-order valence-electron chi connectivity index (χ0n) is 14.0. The average molecular weight is 343 g/mol. The Labute approximate surface area is 141 Å². The van der Waals surface area contributed by atoms with Crippen LogP contribution in [0.2, 0.25) is 5.02 Å². The number of amides is 1. The predicted molar refractivity (Wildman–Crippen MR) is 90.1 cm³/mol. The molecule has 1 aromatic rings. The second-order valence-electron chi connectivity index (χ2n) is 6.11. The molecule has 0 aliphatic carbocycles. The lowest BCUT2D eigenvalue weighted by molar-refractivity contribution is 0.0525. The number of hydrogen-bond donors (Lipinski definition) is 2. The second-order valence-corrected chi connectivity index (χ2v) is 6.52. The Morgan fingerprint density at radius 3 is 2.52 bits per heavy atom. The van der Waals surface area contributed by atoms with Gasteiger partial charge in [-0.2, -0.15) is 0 Å². The van der Waals surface area contributed by atoms with Crippen LogP contribution in [0, 0.1) is 0 Å². The van der Waals surface area contributed by atoms with Crippen molar-refractivity contribution in [3.05, 3.63) is 28.8 Å². The predicted octanol–water partition coefficient (Wildman–Crippen LogP) is 3.45. The SMILES string of the molecule is COC(=O)c1ccc(Cl)c(NC(C)CNC(=O)OC(C)(C)C)c1. The molecule has 1 aromatic carbocycles. The summed E-state index contributed by atoms with van der Waals surface area (Å²) in [7, 11) is 1.32. The number of hydrogen-bond acceptors (Lipinski definition) is 5. The van der Waals surface area contributed by atoms with Crippen LogP contribution in [-0.4, -0.2) is 37.4 Å². The summed E-state index contributed by atoms with van der Waals surface area (Å²) in [5.41, 5.74) is 0.443. The molecule has 0 saturated carbocycles. The number of esters is 1. The summed E-state index contributed by atoms with van der Waals surface area (Å²) in [4.78, 5) is 23.2. The summed E-state index contributed by atoms with van der Waals surface area (Å²) < 4.78 is 9.84. The largest absolute Gasteiger partial charge is 0.465 e. The van der Waals surface area contributed by atoms with Crippen LogP contribution in [0.25, 0.3) is 0 Å². The molecule has 1 atom stereocenters. The zero-order chi connectivity index (χ0) is 17.6. The van der Waals surface area contributed by atoms with E-state index >= 15 is 0 Å². The maximum Gasteiger partial charge on any atom is 0.407 e. The molecule has 128 valence electrons. The number of halogens is 1. The van der Waals surface area contributed by atoms with Crippen LogP contribution in [0.15, 0.2) is 18.2 Å². The summed E-state index contributed by atoms with van der Waals surface area (Å²) in [6, 6.07) is 4.69. The van der Waals surface area contributed by atoms with Gasteiger partial charge in [0.1, 0.15) is 5.60 Å². The molecule has 7 heteroatoms. The van der Waals surface area contributed by atoms with Crippen molar-refractivity contribution in [3.63, 3.8) is 0 Å². The van der Waals surface area contributed by atoms with Gasteiger partial charge in [0.15, 0.2) is 0 Å². The molecule has 1 unspecified atom stereocenters. The lowest BCUT2D eigenvalue weighted by Crippen LogP contribution is -2.38. The number of anilines is 1. The van der Waals surface area contributed by atoms with Crippen LogP contribution in [-0.2, 0) is 9.47 Å². The standard InChI is InChI=1S/C16H23ClN2O4/c1-10(9-18-15(21)23-16(2,3)4)19-13-8-11(14(20)22-5)6-7-12(13)17/h6-8,10,19H,9H2,1-5H3,(H,18,21). The van der Waals surface area contributed by atoms with Gasteiger partial charge < -0.3 is 20.1 Å². The molecule has 23 heavy (non-hydrogen) atoms. The molecule has 2 N–H and O–H groups in total. The summed E-state index contributed by atoms with van der Waals surface area (Å²) in [5, 5.41) is 6.28. The van der Waals surface area contributed by atoms with E-state index in [1.165, 1.54) is 7.11 Å². The second kappa shape index (κ2) is 8.06. The molecule has 1 rings (SSSR count). The van der Waals surface area contributed by atoms with Crippen molar-refractivity contribution < 1.29 is 19.1 Å². The minimum Gasteiger partial charge on any atom is -0.465 e. The van der Waals surface area contributed by atoms with Gasteiger partial charge >= 0.3 is 12.1 Å². The van der Waals surface area contributed by atoms with E-state index in [1.54, 1.807) is 39.0 Å². The lowest BCUT2D eigenvalue weighted by atomic mass is 10.2. The topological polar surface area (TPSA) is 76.7 Å². The maximum absolute atomic E-state index is 11.6. The van der Waals surface area contributed by atoms with Crippen molar-refractivity contribution in [2.45, 2.75) is 39.3 Å². The Morgan fingerprint density at radius 1 is 1.30 bits per heavy atom. The molecule has 0 aromatic heterocycles. The molecular formula is C16H23ClN2O4. The van der Waals surface area contributed by atoms with Crippen molar-refractivity contribution >= 4 is 29.4 Å². The Balaban J connectivity index is 2.62. The Kier molecular flexibility index (Phi) is 6.69. The highest BCUT2D eigenvalue weighted by molar-refractivity contribution is 6.33. The summed E-state index contributed by atoms with van der Waals surface area (Å²) in [6.07, 6.45) is -0.486. The van der Waals surface area contributed by atoms with Gasteiger partial charge in [-0.1, -0.05) is 11.6 Å². The fourth-order valence-electron chi connectivity index (χ4n) is 1.75. The van der Waals surface area contributed by atoms with E-state index in [0.717, 1.165) is 0 Å². The monoisotopic (exact) mass is 342 g/mol. The third-order valence-corrected chi connectivity index (χ3v) is 3.07. The Hall–Kier alpha value is -1.95. The first-order valence-corrected chi connectivity index (χ1v) is 7.61. The van der Waals surface area contributed by atoms with Crippen molar-refractivity contribution in [1.29, 1.82) is 0 Å². The van der Waals surface area contributed by atoms with Crippen molar-refractivity contribution in [2.75, 3.05) is 19.0 Å². The van der Waals surface area contributed by atoms with Crippen LogP contribution >= 0.6 is 11.6 Å². The van der Waals surface area contributed by atoms with Gasteiger partial charge in [-0.25, -0.2) is 9.59 Å². The molecule has 0 saturated heterocycles. The Bertz CT molecular complexity index is 570. The van der Waals surface area contributed by atoms with Gasteiger partial charge in [-0.05, 0) is 45.9 Å². The number of alkyl carbamates (subject to hydrolysis) is 1. The first-order chi connectivity index (χ1) is 10.6. The highest BCUT2D eigenvalue weighted by Crippen LogP contribution is 2.24. The van der Waals surface area contributed by atoms with Crippen LogP contribution in [0.5, 0.6) is 0 Å².